The standard InChI is InChI=1S/C14H10Br2FNO4S/c1-22-14(19)10-6-8(15)3-5-13(10)23(20,21)18-12-4-2-9(16)7-11(12)17/h2-7,18H,1H3. The minimum Gasteiger partial charge on any atom is -0.465 e. The highest BCUT2D eigenvalue weighted by molar-refractivity contribution is 9.10. The van der Waals surface area contributed by atoms with E-state index < -0.39 is 21.8 Å². The molecule has 0 atom stereocenters. The van der Waals surface area contributed by atoms with Gasteiger partial charge in [-0.1, -0.05) is 31.9 Å². The zero-order chi connectivity index (χ0) is 17.2. The highest BCUT2D eigenvalue weighted by Crippen LogP contribution is 2.26. The van der Waals surface area contributed by atoms with Gasteiger partial charge in [0.25, 0.3) is 10.0 Å². The maximum atomic E-state index is 13.8. The van der Waals surface area contributed by atoms with Crippen molar-refractivity contribution in [3.8, 4) is 0 Å². The first-order valence-electron chi connectivity index (χ1n) is 6.10. The molecule has 5 nitrogen and oxygen atoms in total. The Kier molecular flexibility index (Phi) is 5.43. The van der Waals surface area contributed by atoms with Gasteiger partial charge >= 0.3 is 5.97 Å². The third-order valence-electron chi connectivity index (χ3n) is 2.81. The van der Waals surface area contributed by atoms with Crippen molar-refractivity contribution in [2.45, 2.75) is 4.90 Å². The number of benzene rings is 2. The van der Waals surface area contributed by atoms with Crippen LogP contribution in [0.2, 0.25) is 0 Å². The van der Waals surface area contributed by atoms with Crippen LogP contribution in [0.5, 0.6) is 0 Å². The highest BCUT2D eigenvalue weighted by atomic mass is 79.9. The third kappa shape index (κ3) is 4.10. The molecule has 9 heteroatoms. The third-order valence-corrected chi connectivity index (χ3v) is 5.22. The summed E-state index contributed by atoms with van der Waals surface area (Å²) in [5.41, 5.74) is -0.390. The van der Waals surface area contributed by atoms with Gasteiger partial charge in [0, 0.05) is 8.95 Å². The Morgan fingerprint density at radius 1 is 1.13 bits per heavy atom. The Morgan fingerprint density at radius 3 is 2.35 bits per heavy atom. The molecule has 0 aromatic heterocycles. The Morgan fingerprint density at radius 2 is 1.74 bits per heavy atom. The fourth-order valence-corrected chi connectivity index (χ4v) is 3.72. The lowest BCUT2D eigenvalue weighted by atomic mass is 10.2. The van der Waals surface area contributed by atoms with Gasteiger partial charge in [0.2, 0.25) is 0 Å². The Labute approximate surface area is 149 Å². The number of ether oxygens (including phenoxy) is 1. The number of esters is 1. The van der Waals surface area contributed by atoms with E-state index in [4.69, 9.17) is 0 Å². The quantitative estimate of drug-likeness (QED) is 0.692. The number of anilines is 1. The lowest BCUT2D eigenvalue weighted by molar-refractivity contribution is 0.0596. The molecule has 0 bridgehead atoms. The van der Waals surface area contributed by atoms with Gasteiger partial charge in [-0.25, -0.2) is 17.6 Å². The van der Waals surface area contributed by atoms with Crippen molar-refractivity contribution in [3.63, 3.8) is 0 Å². The number of rotatable bonds is 4. The van der Waals surface area contributed by atoms with E-state index in [1.165, 1.54) is 30.3 Å². The average molecular weight is 467 g/mol. The first kappa shape index (κ1) is 17.9. The van der Waals surface area contributed by atoms with Crippen LogP contribution >= 0.6 is 31.9 Å². The monoisotopic (exact) mass is 465 g/mol. The van der Waals surface area contributed by atoms with Crippen LogP contribution in [0, 0.1) is 5.82 Å². The smallest absolute Gasteiger partial charge is 0.339 e. The van der Waals surface area contributed by atoms with Crippen LogP contribution in [0.25, 0.3) is 0 Å². The Hall–Kier alpha value is -1.45. The van der Waals surface area contributed by atoms with Crippen LogP contribution in [0.15, 0.2) is 50.2 Å². The van der Waals surface area contributed by atoms with Gasteiger partial charge in [0.15, 0.2) is 0 Å². The highest BCUT2D eigenvalue weighted by Gasteiger charge is 2.24. The van der Waals surface area contributed by atoms with E-state index in [1.54, 1.807) is 0 Å². The molecule has 0 aliphatic rings. The molecule has 2 rings (SSSR count). The van der Waals surface area contributed by atoms with E-state index in [0.29, 0.717) is 8.95 Å². The van der Waals surface area contributed by atoms with E-state index in [0.717, 1.165) is 13.2 Å². The van der Waals surface area contributed by atoms with Gasteiger partial charge in [-0.15, -0.1) is 0 Å². The summed E-state index contributed by atoms with van der Waals surface area (Å²) in [6.45, 7) is 0. The largest absolute Gasteiger partial charge is 0.465 e. The molecule has 1 N–H and O–H groups in total. The summed E-state index contributed by atoms with van der Waals surface area (Å²) in [6, 6.07) is 7.89. The van der Waals surface area contributed by atoms with Crippen LogP contribution in [0.1, 0.15) is 10.4 Å². The van der Waals surface area contributed by atoms with Crippen molar-refractivity contribution in [1.82, 2.24) is 0 Å². The van der Waals surface area contributed by atoms with E-state index in [-0.39, 0.29) is 16.1 Å². The fourth-order valence-electron chi connectivity index (χ4n) is 1.78. The van der Waals surface area contributed by atoms with Gasteiger partial charge in [-0.3, -0.25) is 4.72 Å². The minimum absolute atomic E-state index is 0.160. The number of hydrogen-bond donors (Lipinski definition) is 1. The number of hydrogen-bond acceptors (Lipinski definition) is 4. The van der Waals surface area contributed by atoms with Crippen molar-refractivity contribution in [2.75, 3.05) is 11.8 Å². The van der Waals surface area contributed by atoms with Crippen molar-refractivity contribution < 1.29 is 22.3 Å². The van der Waals surface area contributed by atoms with E-state index >= 15 is 0 Å². The van der Waals surface area contributed by atoms with E-state index in [2.05, 4.69) is 41.3 Å². The fraction of sp³-hybridized carbons (Fsp3) is 0.0714. The number of carbonyl (C=O) groups excluding carboxylic acids is 1. The number of nitrogens with one attached hydrogen (secondary N) is 1. The summed E-state index contributed by atoms with van der Waals surface area (Å²) in [7, 11) is -3.04. The van der Waals surface area contributed by atoms with Crippen molar-refractivity contribution in [1.29, 1.82) is 0 Å². The number of carbonyl (C=O) groups is 1. The molecule has 0 unspecified atom stereocenters. The normalized spacial score (nSPS) is 11.1. The predicted molar refractivity (Wildman–Crippen MR) is 90.4 cm³/mol. The summed E-state index contributed by atoms with van der Waals surface area (Å²) in [5.74, 6) is -1.57. The first-order chi connectivity index (χ1) is 10.7. The number of methoxy groups -OCH3 is 1. The molecular formula is C14H10Br2FNO4S. The van der Waals surface area contributed by atoms with Crippen LogP contribution in [0.3, 0.4) is 0 Å². The number of halogens is 3. The van der Waals surface area contributed by atoms with Gasteiger partial charge in [0.1, 0.15) is 10.7 Å². The lowest BCUT2D eigenvalue weighted by Crippen LogP contribution is -2.18. The molecule has 0 fully saturated rings. The van der Waals surface area contributed by atoms with Crippen LogP contribution in [0.4, 0.5) is 10.1 Å². The summed E-state index contributed by atoms with van der Waals surface area (Å²) < 4.78 is 46.5. The van der Waals surface area contributed by atoms with Gasteiger partial charge in [0.05, 0.1) is 18.4 Å². The average Bonchev–Trinajstić information content (AvgIpc) is 2.49. The molecule has 0 heterocycles. The molecule has 0 saturated carbocycles. The molecule has 0 aliphatic heterocycles. The second-order valence-electron chi connectivity index (χ2n) is 4.36. The van der Waals surface area contributed by atoms with Crippen LogP contribution in [-0.2, 0) is 14.8 Å². The molecule has 2 aromatic carbocycles. The van der Waals surface area contributed by atoms with E-state index in [1.807, 2.05) is 0 Å². The second kappa shape index (κ2) is 6.98. The summed E-state index contributed by atoms with van der Waals surface area (Å²) >= 11 is 6.24. The molecule has 0 saturated heterocycles. The van der Waals surface area contributed by atoms with E-state index in [9.17, 15) is 17.6 Å². The Bertz CT molecular complexity index is 871. The maximum Gasteiger partial charge on any atom is 0.339 e. The van der Waals surface area contributed by atoms with Crippen molar-refractivity contribution in [3.05, 3.63) is 56.7 Å². The zero-order valence-electron chi connectivity index (χ0n) is 11.6. The zero-order valence-corrected chi connectivity index (χ0v) is 15.6. The molecule has 0 spiro atoms. The molecule has 0 radical (unpaired) electrons. The molecular weight excluding hydrogens is 457 g/mol. The van der Waals surface area contributed by atoms with Gasteiger partial charge in [-0.2, -0.15) is 0 Å². The SMILES string of the molecule is COC(=O)c1cc(Br)ccc1S(=O)(=O)Nc1ccc(Br)cc1F. The Balaban J connectivity index is 2.50. The molecule has 2 aromatic rings. The summed E-state index contributed by atoms with van der Waals surface area (Å²) in [6.07, 6.45) is 0. The van der Waals surface area contributed by atoms with Crippen LogP contribution in [-0.4, -0.2) is 21.5 Å². The summed E-state index contributed by atoms with van der Waals surface area (Å²) in [5, 5.41) is 0. The topological polar surface area (TPSA) is 72.5 Å². The second-order valence-corrected chi connectivity index (χ2v) is 7.84. The van der Waals surface area contributed by atoms with Crippen molar-refractivity contribution >= 4 is 53.5 Å². The maximum absolute atomic E-state index is 13.8. The number of sulfonamides is 1. The lowest BCUT2D eigenvalue weighted by Gasteiger charge is -2.12. The molecule has 0 aliphatic carbocycles. The molecule has 122 valence electrons. The van der Waals surface area contributed by atoms with Gasteiger partial charge in [-0.05, 0) is 36.4 Å². The molecule has 0 amide bonds. The summed E-state index contributed by atoms with van der Waals surface area (Å²) in [4.78, 5) is 11.5. The van der Waals surface area contributed by atoms with Crippen molar-refractivity contribution in [2.24, 2.45) is 0 Å². The van der Waals surface area contributed by atoms with Crippen LogP contribution < -0.4 is 4.72 Å². The van der Waals surface area contributed by atoms with Gasteiger partial charge < -0.3 is 4.74 Å². The first-order valence-corrected chi connectivity index (χ1v) is 9.17. The predicted octanol–water partition coefficient (Wildman–Crippen LogP) is 3.94. The molecule has 23 heavy (non-hydrogen) atoms. The minimum atomic E-state index is -4.18.